The monoisotopic (exact) mass is 457 g/mol. The van der Waals surface area contributed by atoms with Crippen molar-refractivity contribution in [3.05, 3.63) is 65.6 Å². The smallest absolute Gasteiger partial charge is 0.253 e. The Kier molecular flexibility index (Phi) is 8.48. The zero-order valence-electron chi connectivity index (χ0n) is 18.6. The second kappa shape index (κ2) is 11.5. The van der Waals surface area contributed by atoms with Crippen LogP contribution >= 0.6 is 0 Å². The molecule has 2 heterocycles. The van der Waals surface area contributed by atoms with Crippen LogP contribution in [0.15, 0.2) is 53.7 Å². The van der Waals surface area contributed by atoms with Crippen molar-refractivity contribution in [1.82, 2.24) is 15.2 Å². The first-order chi connectivity index (χ1) is 15.9. The Morgan fingerprint density at radius 1 is 1.33 bits per heavy atom. The van der Waals surface area contributed by atoms with Crippen molar-refractivity contribution in [3.8, 4) is 5.88 Å². The van der Waals surface area contributed by atoms with Gasteiger partial charge in [-0.3, -0.25) is 4.79 Å². The van der Waals surface area contributed by atoms with E-state index >= 15 is 4.39 Å². The molecule has 3 rings (SSSR count). The van der Waals surface area contributed by atoms with Crippen LogP contribution in [0.1, 0.15) is 28.8 Å². The van der Waals surface area contributed by atoms with Gasteiger partial charge in [-0.1, -0.05) is 6.07 Å². The van der Waals surface area contributed by atoms with Crippen molar-refractivity contribution in [2.75, 3.05) is 32.8 Å². The molecule has 2 aromatic rings. The number of rotatable bonds is 9. The van der Waals surface area contributed by atoms with Crippen LogP contribution in [0.4, 0.5) is 14.6 Å². The minimum Gasteiger partial charge on any atom is -0.476 e. The summed E-state index contributed by atoms with van der Waals surface area (Å²) in [4.78, 5) is 22.6. The number of likely N-dealkylation sites (tertiary alicyclic amines) is 1. The predicted molar refractivity (Wildman–Crippen MR) is 124 cm³/mol. The summed E-state index contributed by atoms with van der Waals surface area (Å²) in [5.74, 6) is 0.388. The molecule has 0 atom stereocenters. The van der Waals surface area contributed by atoms with Crippen molar-refractivity contribution in [2.24, 2.45) is 10.7 Å². The molecule has 176 valence electrons. The Labute approximate surface area is 192 Å². The molecule has 33 heavy (non-hydrogen) atoms. The maximum atomic E-state index is 15.1. The van der Waals surface area contributed by atoms with E-state index in [4.69, 9.17) is 10.5 Å². The number of pyridine rings is 1. The standard InChI is InChI=1S/C24H29F2N5O2/c1-18-16-19(6-7-20(18)25)23(32)31-13-8-24(26,9-14-31)17-28-12-15-33-22-5-2-4-21(30-22)29-11-3-10-27/h2-7,10-11,16,28H,8-9,12-15,17,27H2,1H3. The van der Waals surface area contributed by atoms with Gasteiger partial charge in [0.05, 0.1) is 0 Å². The zero-order chi connectivity index (χ0) is 23.7. The van der Waals surface area contributed by atoms with Gasteiger partial charge in [0, 0.05) is 56.9 Å². The van der Waals surface area contributed by atoms with Crippen molar-refractivity contribution < 1.29 is 18.3 Å². The highest BCUT2D eigenvalue weighted by Gasteiger charge is 2.35. The van der Waals surface area contributed by atoms with Crippen LogP contribution in [0.3, 0.4) is 0 Å². The van der Waals surface area contributed by atoms with Crippen LogP contribution in [0.2, 0.25) is 0 Å². The molecule has 7 nitrogen and oxygen atoms in total. The lowest BCUT2D eigenvalue weighted by atomic mass is 9.92. The van der Waals surface area contributed by atoms with Gasteiger partial charge in [-0.2, -0.15) is 4.98 Å². The van der Waals surface area contributed by atoms with Gasteiger partial charge in [0.15, 0.2) is 5.82 Å². The maximum absolute atomic E-state index is 15.1. The molecule has 9 heteroatoms. The van der Waals surface area contributed by atoms with Gasteiger partial charge in [0.1, 0.15) is 18.1 Å². The minimum absolute atomic E-state index is 0.178. The number of carbonyl (C=O) groups excluding carboxylic acids is 1. The summed E-state index contributed by atoms with van der Waals surface area (Å²) < 4.78 is 34.2. The number of aliphatic imine (C=N–C) groups is 1. The Morgan fingerprint density at radius 2 is 2.12 bits per heavy atom. The van der Waals surface area contributed by atoms with E-state index in [2.05, 4.69) is 15.3 Å². The van der Waals surface area contributed by atoms with Crippen molar-refractivity contribution in [1.29, 1.82) is 0 Å². The first-order valence-corrected chi connectivity index (χ1v) is 10.9. The second-order valence-corrected chi connectivity index (χ2v) is 7.93. The van der Waals surface area contributed by atoms with Gasteiger partial charge in [-0.15, -0.1) is 0 Å². The number of amides is 1. The number of halogens is 2. The molecular formula is C24H29F2N5O2. The number of piperidine rings is 1. The predicted octanol–water partition coefficient (Wildman–Crippen LogP) is 3.32. The van der Waals surface area contributed by atoms with Crippen LogP contribution in [0.5, 0.6) is 5.88 Å². The van der Waals surface area contributed by atoms with Crippen LogP contribution in [-0.2, 0) is 0 Å². The van der Waals surface area contributed by atoms with E-state index in [9.17, 15) is 9.18 Å². The van der Waals surface area contributed by atoms with Crippen molar-refractivity contribution >= 4 is 17.9 Å². The number of alkyl halides is 1. The number of aryl methyl sites for hydroxylation is 1. The van der Waals surface area contributed by atoms with Crippen LogP contribution < -0.4 is 15.8 Å². The molecule has 1 fully saturated rings. The number of aromatic nitrogens is 1. The summed E-state index contributed by atoms with van der Waals surface area (Å²) in [6.07, 6.45) is 4.99. The normalized spacial score (nSPS) is 15.9. The third-order valence-electron chi connectivity index (χ3n) is 5.44. The molecule has 1 aromatic heterocycles. The second-order valence-electron chi connectivity index (χ2n) is 7.93. The Hall–Kier alpha value is -3.33. The third-order valence-corrected chi connectivity index (χ3v) is 5.44. The summed E-state index contributed by atoms with van der Waals surface area (Å²) in [7, 11) is 0. The van der Waals surface area contributed by atoms with E-state index in [-0.39, 0.29) is 31.1 Å². The average molecular weight is 458 g/mol. The molecule has 0 saturated carbocycles. The van der Waals surface area contributed by atoms with E-state index in [1.165, 1.54) is 30.6 Å². The molecule has 1 amide bonds. The number of carbonyl (C=O) groups is 1. The molecule has 0 aliphatic carbocycles. The van der Waals surface area contributed by atoms with E-state index < -0.39 is 5.67 Å². The summed E-state index contributed by atoms with van der Waals surface area (Å²) in [5.41, 5.74) is 4.71. The zero-order valence-corrected chi connectivity index (χ0v) is 18.6. The fourth-order valence-electron chi connectivity index (χ4n) is 3.51. The van der Waals surface area contributed by atoms with Gasteiger partial charge in [-0.25, -0.2) is 13.8 Å². The fourth-order valence-corrected chi connectivity index (χ4v) is 3.51. The molecule has 3 N–H and O–H groups in total. The first kappa shape index (κ1) is 24.3. The number of nitrogens with zero attached hydrogens (tertiary/aromatic N) is 3. The molecule has 1 aromatic carbocycles. The number of ether oxygens (including phenoxy) is 1. The van der Waals surface area contributed by atoms with Gasteiger partial charge >= 0.3 is 0 Å². The molecule has 0 radical (unpaired) electrons. The van der Waals surface area contributed by atoms with E-state index in [0.717, 1.165) is 0 Å². The number of hydrogen-bond acceptors (Lipinski definition) is 6. The lowest BCUT2D eigenvalue weighted by Crippen LogP contribution is -2.49. The third kappa shape index (κ3) is 7.08. The van der Waals surface area contributed by atoms with Crippen molar-refractivity contribution in [3.63, 3.8) is 0 Å². The molecule has 1 saturated heterocycles. The molecule has 1 aliphatic rings. The quantitative estimate of drug-likeness (QED) is 0.445. The highest BCUT2D eigenvalue weighted by molar-refractivity contribution is 5.94. The summed E-state index contributed by atoms with van der Waals surface area (Å²) in [6, 6.07) is 9.54. The van der Waals surface area contributed by atoms with Gasteiger partial charge < -0.3 is 20.7 Å². The number of nitrogens with one attached hydrogen (secondary N) is 1. The molecular weight excluding hydrogens is 428 g/mol. The number of hydrogen-bond donors (Lipinski definition) is 2. The van der Waals surface area contributed by atoms with Gasteiger partial charge in [-0.05, 0) is 49.0 Å². The molecule has 0 unspecified atom stereocenters. The first-order valence-electron chi connectivity index (χ1n) is 10.9. The highest BCUT2D eigenvalue weighted by Crippen LogP contribution is 2.27. The lowest BCUT2D eigenvalue weighted by Gasteiger charge is -2.36. The van der Waals surface area contributed by atoms with Crippen molar-refractivity contribution in [2.45, 2.75) is 25.4 Å². The number of allylic oxidation sites excluding steroid dienone is 1. The highest BCUT2D eigenvalue weighted by atomic mass is 19.1. The van der Waals surface area contributed by atoms with E-state index in [1.54, 1.807) is 36.1 Å². The summed E-state index contributed by atoms with van der Waals surface area (Å²) in [6.45, 7) is 3.21. The molecule has 0 spiro atoms. The largest absolute Gasteiger partial charge is 0.476 e. The minimum atomic E-state index is -1.39. The summed E-state index contributed by atoms with van der Waals surface area (Å²) in [5, 5.41) is 3.09. The number of benzene rings is 1. The average Bonchev–Trinajstić information content (AvgIpc) is 2.81. The van der Waals surface area contributed by atoms with Crippen LogP contribution in [0, 0.1) is 12.7 Å². The maximum Gasteiger partial charge on any atom is 0.253 e. The molecule has 1 aliphatic heterocycles. The summed E-state index contributed by atoms with van der Waals surface area (Å²) >= 11 is 0. The Balaban J connectivity index is 1.39. The molecule has 0 bridgehead atoms. The number of nitrogens with two attached hydrogens (primary N) is 1. The topological polar surface area (TPSA) is 92.8 Å². The van der Waals surface area contributed by atoms with Crippen LogP contribution in [0.25, 0.3) is 0 Å². The lowest BCUT2D eigenvalue weighted by molar-refractivity contribution is 0.0433. The fraction of sp³-hybridized carbons (Fsp3) is 0.375. The van der Waals surface area contributed by atoms with Gasteiger partial charge in [0.2, 0.25) is 5.88 Å². The SMILES string of the molecule is Cc1cc(C(=O)N2CCC(F)(CNCCOc3cccc(N=CC=CN)n3)CC2)ccc1F. The van der Waals surface area contributed by atoms with Crippen LogP contribution in [-0.4, -0.2) is 60.5 Å². The van der Waals surface area contributed by atoms with Gasteiger partial charge in [0.25, 0.3) is 5.91 Å². The van der Waals surface area contributed by atoms with E-state index in [0.29, 0.717) is 49.1 Å². The Bertz CT molecular complexity index is 1000. The Morgan fingerprint density at radius 3 is 2.85 bits per heavy atom. The van der Waals surface area contributed by atoms with E-state index in [1.807, 2.05) is 0 Å².